The molecule has 0 saturated carbocycles. The average Bonchev–Trinajstić information content (AvgIpc) is 1.88. The van der Waals surface area contributed by atoms with Crippen molar-refractivity contribution in [2.45, 2.75) is 20.3 Å². The van der Waals surface area contributed by atoms with Crippen molar-refractivity contribution in [2.75, 3.05) is 13.2 Å². The second-order valence-electron chi connectivity index (χ2n) is 1.20. The lowest BCUT2D eigenvalue weighted by Gasteiger charge is -1.91. The zero-order chi connectivity index (χ0) is 6.83. The molecule has 0 N–H and O–H groups in total. The number of hydrogen-bond donors (Lipinski definition) is 0. The smallest absolute Gasteiger partial charge is 0.0463 e. The molecule has 0 rings (SSSR count). The van der Waals surface area contributed by atoms with Gasteiger partial charge in [0.15, 0.2) is 0 Å². The highest BCUT2D eigenvalue weighted by Crippen LogP contribution is 1.75. The summed E-state index contributed by atoms with van der Waals surface area (Å²) in [5.74, 6) is 0. The van der Waals surface area contributed by atoms with Crippen LogP contribution in [0.4, 0.5) is 0 Å². The molecule has 0 aromatic carbocycles. The van der Waals surface area contributed by atoms with E-state index in [-0.39, 0.29) is 0 Å². The lowest BCUT2D eigenvalue weighted by molar-refractivity contribution is 0.148. The number of ether oxygens (including phenoxy) is 1. The minimum atomic E-state index is 0.855. The molecule has 8 heavy (non-hydrogen) atoms. The molecule has 0 aromatic heterocycles. The van der Waals surface area contributed by atoms with Gasteiger partial charge in [-0.1, -0.05) is 6.92 Å². The van der Waals surface area contributed by atoms with Crippen LogP contribution in [0, 0.1) is 0 Å². The molecule has 0 aromatic rings. The zero-order valence-electron chi connectivity index (χ0n) is 5.94. The molecule has 0 spiro atoms. The summed E-state index contributed by atoms with van der Waals surface area (Å²) in [6, 6.07) is 0. The summed E-state index contributed by atoms with van der Waals surface area (Å²) in [6.07, 6.45) is 1.13. The van der Waals surface area contributed by atoms with E-state index in [1.54, 1.807) is 0 Å². The molecule has 0 amide bonds. The molecule has 0 aliphatic rings. The van der Waals surface area contributed by atoms with Gasteiger partial charge >= 0.3 is 0 Å². The molecule has 0 heterocycles. The Labute approximate surface area is 52.4 Å². The minimum Gasteiger partial charge on any atom is -0.382 e. The first-order valence-corrected chi connectivity index (χ1v) is 2.99. The maximum atomic E-state index is 4.98. The fourth-order valence-corrected chi connectivity index (χ4v) is 0.289. The van der Waals surface area contributed by atoms with Crippen molar-refractivity contribution in [1.82, 2.24) is 0 Å². The Morgan fingerprint density at radius 2 is 1.75 bits per heavy atom. The van der Waals surface area contributed by atoms with Gasteiger partial charge in [0.2, 0.25) is 0 Å². The van der Waals surface area contributed by atoms with Crippen LogP contribution < -0.4 is 0 Å². The maximum absolute atomic E-state index is 4.98. The molecule has 1 nitrogen and oxygen atoms in total. The summed E-state index contributed by atoms with van der Waals surface area (Å²) in [4.78, 5) is 0. The summed E-state index contributed by atoms with van der Waals surface area (Å²) in [6.45, 7) is 11.9. The fraction of sp³-hybridized carbons (Fsp3) is 0.714. The quantitative estimate of drug-likeness (QED) is 0.406. The summed E-state index contributed by atoms with van der Waals surface area (Å²) >= 11 is 0. The van der Waals surface area contributed by atoms with E-state index in [1.807, 2.05) is 6.92 Å². The minimum absolute atomic E-state index is 0.855. The van der Waals surface area contributed by atoms with E-state index in [0.29, 0.717) is 0 Å². The summed E-state index contributed by atoms with van der Waals surface area (Å²) < 4.78 is 4.98. The summed E-state index contributed by atoms with van der Waals surface area (Å²) in [5, 5.41) is 0. The van der Waals surface area contributed by atoms with Crippen LogP contribution in [0.2, 0.25) is 0 Å². The molecule has 0 radical (unpaired) electrons. The Bertz CT molecular complexity index is 23.6. The molecule has 0 unspecified atom stereocenters. The molecule has 0 bridgehead atoms. The normalized spacial score (nSPS) is 7.25. The van der Waals surface area contributed by atoms with E-state index in [2.05, 4.69) is 20.1 Å². The van der Waals surface area contributed by atoms with E-state index in [0.717, 1.165) is 19.6 Å². The van der Waals surface area contributed by atoms with E-state index in [9.17, 15) is 0 Å². The third-order valence-electron chi connectivity index (χ3n) is 0.553. The van der Waals surface area contributed by atoms with Gasteiger partial charge in [-0.3, -0.25) is 0 Å². The molecule has 0 fully saturated rings. The Hall–Kier alpha value is -0.300. The van der Waals surface area contributed by atoms with Crippen molar-refractivity contribution in [3.05, 3.63) is 13.2 Å². The fourth-order valence-electron chi connectivity index (χ4n) is 0.289. The van der Waals surface area contributed by atoms with Crippen molar-refractivity contribution >= 4 is 0 Å². The predicted molar refractivity (Wildman–Crippen MR) is 38.0 cm³/mol. The van der Waals surface area contributed by atoms with Crippen LogP contribution in [0.15, 0.2) is 13.2 Å². The van der Waals surface area contributed by atoms with E-state index in [4.69, 9.17) is 4.74 Å². The van der Waals surface area contributed by atoms with E-state index < -0.39 is 0 Å². The average molecular weight is 116 g/mol. The van der Waals surface area contributed by atoms with Crippen LogP contribution >= 0.6 is 0 Å². The summed E-state index contributed by atoms with van der Waals surface area (Å²) in [5.41, 5.74) is 0. The number of rotatable bonds is 3. The van der Waals surface area contributed by atoms with Gasteiger partial charge in [-0.05, 0) is 13.3 Å². The maximum Gasteiger partial charge on any atom is 0.0463 e. The molecular weight excluding hydrogens is 100 g/mol. The van der Waals surface area contributed by atoms with Crippen molar-refractivity contribution in [2.24, 2.45) is 0 Å². The van der Waals surface area contributed by atoms with Crippen LogP contribution in [-0.2, 0) is 4.74 Å². The van der Waals surface area contributed by atoms with Crippen molar-refractivity contribution in [1.29, 1.82) is 0 Å². The van der Waals surface area contributed by atoms with Gasteiger partial charge in [-0.25, -0.2) is 0 Å². The first-order valence-electron chi connectivity index (χ1n) is 2.99. The summed E-state index contributed by atoms with van der Waals surface area (Å²) in [7, 11) is 0. The highest BCUT2D eigenvalue weighted by Gasteiger charge is 1.72. The largest absolute Gasteiger partial charge is 0.382 e. The van der Waals surface area contributed by atoms with Crippen LogP contribution in [0.1, 0.15) is 20.3 Å². The van der Waals surface area contributed by atoms with Gasteiger partial charge in [0.25, 0.3) is 0 Å². The first kappa shape index (κ1) is 10.6. The van der Waals surface area contributed by atoms with Crippen molar-refractivity contribution in [3.63, 3.8) is 0 Å². The standard InChI is InChI=1S/C5H12O.C2H4/c1-3-5-6-4-2;1-2/h3-5H2,1-2H3;1-2H2. The van der Waals surface area contributed by atoms with Crippen molar-refractivity contribution < 1.29 is 4.74 Å². The van der Waals surface area contributed by atoms with Gasteiger partial charge in [0, 0.05) is 13.2 Å². The molecule has 0 aliphatic heterocycles. The van der Waals surface area contributed by atoms with Crippen molar-refractivity contribution in [3.8, 4) is 0 Å². The monoisotopic (exact) mass is 116 g/mol. The highest BCUT2D eigenvalue weighted by molar-refractivity contribution is 4.22. The lowest BCUT2D eigenvalue weighted by atomic mass is 10.5. The molecule has 0 atom stereocenters. The molecule has 1 heteroatoms. The first-order chi connectivity index (χ1) is 3.91. The predicted octanol–water partition coefficient (Wildman–Crippen LogP) is 2.24. The van der Waals surface area contributed by atoms with Crippen LogP contribution in [-0.4, -0.2) is 13.2 Å². The van der Waals surface area contributed by atoms with Crippen LogP contribution in [0.25, 0.3) is 0 Å². The van der Waals surface area contributed by atoms with E-state index in [1.165, 1.54) is 0 Å². The molecule has 50 valence electrons. The molecule has 0 aliphatic carbocycles. The topological polar surface area (TPSA) is 9.23 Å². The SMILES string of the molecule is C=C.CCCOCC. The Morgan fingerprint density at radius 3 is 1.88 bits per heavy atom. The Morgan fingerprint density at radius 1 is 1.25 bits per heavy atom. The second kappa shape index (κ2) is 15.9. The van der Waals surface area contributed by atoms with Gasteiger partial charge in [-0.15, -0.1) is 13.2 Å². The molecule has 0 saturated heterocycles. The van der Waals surface area contributed by atoms with Gasteiger partial charge in [-0.2, -0.15) is 0 Å². The highest BCUT2D eigenvalue weighted by atomic mass is 16.5. The zero-order valence-corrected chi connectivity index (χ0v) is 5.94. The van der Waals surface area contributed by atoms with Gasteiger partial charge in [0.1, 0.15) is 0 Å². The third-order valence-corrected chi connectivity index (χ3v) is 0.553. The van der Waals surface area contributed by atoms with E-state index >= 15 is 0 Å². The third kappa shape index (κ3) is 17.3. The lowest BCUT2D eigenvalue weighted by Crippen LogP contribution is -1.88. The second-order valence-corrected chi connectivity index (χ2v) is 1.20. The molecular formula is C7H16O. The van der Waals surface area contributed by atoms with Gasteiger partial charge in [0.05, 0.1) is 0 Å². The van der Waals surface area contributed by atoms with Crippen LogP contribution in [0.5, 0.6) is 0 Å². The Balaban J connectivity index is 0. The number of hydrogen-bond acceptors (Lipinski definition) is 1. The van der Waals surface area contributed by atoms with Gasteiger partial charge < -0.3 is 4.74 Å². The Kier molecular flexibility index (Phi) is 21.1. The van der Waals surface area contributed by atoms with Crippen LogP contribution in [0.3, 0.4) is 0 Å².